The number of fused-ring (bicyclic) bond motifs is 1. The molecule has 2 aromatic rings. The van der Waals surface area contributed by atoms with Crippen molar-refractivity contribution in [2.75, 3.05) is 12.9 Å². The van der Waals surface area contributed by atoms with Gasteiger partial charge in [0.2, 0.25) is 5.91 Å². The number of amides is 1. The summed E-state index contributed by atoms with van der Waals surface area (Å²) in [5, 5.41) is 3.10. The van der Waals surface area contributed by atoms with Crippen LogP contribution in [0.25, 0.3) is 6.08 Å². The molecule has 0 saturated carbocycles. The van der Waals surface area contributed by atoms with Crippen LogP contribution in [-0.4, -0.2) is 18.8 Å². The number of benzene rings is 2. The van der Waals surface area contributed by atoms with Gasteiger partial charge in [-0.15, -0.1) is 11.8 Å². The summed E-state index contributed by atoms with van der Waals surface area (Å²) in [7, 11) is 1.64. The Morgan fingerprint density at radius 2 is 2.00 bits per heavy atom. The van der Waals surface area contributed by atoms with Crippen molar-refractivity contribution in [1.29, 1.82) is 0 Å². The summed E-state index contributed by atoms with van der Waals surface area (Å²) in [6, 6.07) is 16.0. The van der Waals surface area contributed by atoms with E-state index in [1.165, 1.54) is 10.5 Å². The van der Waals surface area contributed by atoms with Crippen molar-refractivity contribution < 1.29 is 9.53 Å². The standard InChI is InChI=1S/C19H19NO2S/c1-22-15-9-6-14(7-10-15)8-11-19(21)20-17-12-13-23-18-5-3-2-4-16(17)18/h2-11,17H,12-13H2,1H3,(H,20,21). The first kappa shape index (κ1) is 15.7. The van der Waals surface area contributed by atoms with Crippen LogP contribution in [0.5, 0.6) is 5.75 Å². The lowest BCUT2D eigenvalue weighted by Gasteiger charge is -2.25. The third-order valence-corrected chi connectivity index (χ3v) is 4.94. The number of carbonyl (C=O) groups excluding carboxylic acids is 1. The van der Waals surface area contributed by atoms with Gasteiger partial charge in [-0.3, -0.25) is 4.79 Å². The van der Waals surface area contributed by atoms with Crippen molar-refractivity contribution in [2.24, 2.45) is 0 Å². The molecule has 3 nitrogen and oxygen atoms in total. The van der Waals surface area contributed by atoms with E-state index >= 15 is 0 Å². The minimum atomic E-state index is -0.0625. The quantitative estimate of drug-likeness (QED) is 0.862. The minimum Gasteiger partial charge on any atom is -0.497 e. The van der Waals surface area contributed by atoms with E-state index in [9.17, 15) is 4.79 Å². The highest BCUT2D eigenvalue weighted by Crippen LogP contribution is 2.35. The van der Waals surface area contributed by atoms with E-state index in [0.717, 1.165) is 23.5 Å². The van der Waals surface area contributed by atoms with E-state index < -0.39 is 0 Å². The van der Waals surface area contributed by atoms with Crippen LogP contribution in [0, 0.1) is 0 Å². The van der Waals surface area contributed by atoms with E-state index in [4.69, 9.17) is 4.74 Å². The number of hydrogen-bond acceptors (Lipinski definition) is 3. The van der Waals surface area contributed by atoms with Crippen LogP contribution in [0.1, 0.15) is 23.6 Å². The van der Waals surface area contributed by atoms with Gasteiger partial charge in [-0.2, -0.15) is 0 Å². The third-order valence-electron chi connectivity index (χ3n) is 3.82. The number of thioether (sulfide) groups is 1. The Labute approximate surface area is 140 Å². The molecule has 1 heterocycles. The summed E-state index contributed by atoms with van der Waals surface area (Å²) >= 11 is 1.85. The zero-order chi connectivity index (χ0) is 16.1. The molecule has 0 bridgehead atoms. The van der Waals surface area contributed by atoms with E-state index in [1.807, 2.05) is 54.2 Å². The highest BCUT2D eigenvalue weighted by Gasteiger charge is 2.20. The fourth-order valence-electron chi connectivity index (χ4n) is 2.60. The molecule has 1 aliphatic heterocycles. The molecular weight excluding hydrogens is 306 g/mol. The van der Waals surface area contributed by atoms with Gasteiger partial charge < -0.3 is 10.1 Å². The second-order valence-electron chi connectivity index (χ2n) is 5.34. The summed E-state index contributed by atoms with van der Waals surface area (Å²) < 4.78 is 5.12. The molecule has 3 rings (SSSR count). The largest absolute Gasteiger partial charge is 0.497 e. The Hall–Kier alpha value is -2.20. The van der Waals surface area contributed by atoms with Crippen LogP contribution in [0.2, 0.25) is 0 Å². The van der Waals surface area contributed by atoms with Crippen molar-refractivity contribution in [3.63, 3.8) is 0 Å². The summed E-state index contributed by atoms with van der Waals surface area (Å²) in [6.07, 6.45) is 4.37. The van der Waals surface area contributed by atoms with E-state index in [2.05, 4.69) is 17.4 Å². The van der Waals surface area contributed by atoms with Gasteiger partial charge in [-0.25, -0.2) is 0 Å². The maximum absolute atomic E-state index is 12.2. The number of rotatable bonds is 4. The molecule has 4 heteroatoms. The lowest BCUT2D eigenvalue weighted by atomic mass is 10.0. The predicted octanol–water partition coefficient (Wildman–Crippen LogP) is 4.06. The second kappa shape index (κ2) is 7.38. The van der Waals surface area contributed by atoms with Crippen LogP contribution in [0.3, 0.4) is 0 Å². The number of carbonyl (C=O) groups is 1. The Morgan fingerprint density at radius 3 is 2.78 bits per heavy atom. The zero-order valence-electron chi connectivity index (χ0n) is 13.0. The molecule has 0 spiro atoms. The Kier molecular flexibility index (Phi) is 5.03. The molecule has 1 unspecified atom stereocenters. The van der Waals surface area contributed by atoms with Gasteiger partial charge in [0.05, 0.1) is 13.2 Å². The fourth-order valence-corrected chi connectivity index (χ4v) is 3.72. The average molecular weight is 325 g/mol. The molecule has 1 atom stereocenters. The molecule has 1 amide bonds. The maximum Gasteiger partial charge on any atom is 0.244 e. The van der Waals surface area contributed by atoms with Crippen LogP contribution in [-0.2, 0) is 4.79 Å². The van der Waals surface area contributed by atoms with Crippen molar-refractivity contribution in [1.82, 2.24) is 5.32 Å². The maximum atomic E-state index is 12.2. The average Bonchev–Trinajstić information content (AvgIpc) is 2.61. The molecule has 1 N–H and O–H groups in total. The molecule has 0 aromatic heterocycles. The Bertz CT molecular complexity index is 710. The van der Waals surface area contributed by atoms with Gasteiger partial charge in [-0.1, -0.05) is 30.3 Å². The van der Waals surface area contributed by atoms with Gasteiger partial charge in [0, 0.05) is 16.7 Å². The molecular formula is C19H19NO2S. The smallest absolute Gasteiger partial charge is 0.244 e. The highest BCUT2D eigenvalue weighted by molar-refractivity contribution is 7.99. The molecule has 118 valence electrons. The normalized spacial score (nSPS) is 16.8. The SMILES string of the molecule is COc1ccc(C=CC(=O)NC2CCSc3ccccc32)cc1. The monoisotopic (exact) mass is 325 g/mol. The van der Waals surface area contributed by atoms with Crippen LogP contribution in [0.15, 0.2) is 59.5 Å². The lowest BCUT2D eigenvalue weighted by molar-refractivity contribution is -0.117. The molecule has 0 radical (unpaired) electrons. The van der Waals surface area contributed by atoms with Crippen LogP contribution in [0.4, 0.5) is 0 Å². The first-order chi connectivity index (χ1) is 11.3. The topological polar surface area (TPSA) is 38.3 Å². The van der Waals surface area contributed by atoms with Gasteiger partial charge in [-0.05, 0) is 41.8 Å². The summed E-state index contributed by atoms with van der Waals surface area (Å²) in [5.74, 6) is 1.78. The summed E-state index contributed by atoms with van der Waals surface area (Å²) in [5.41, 5.74) is 2.19. The van der Waals surface area contributed by atoms with Crippen molar-refractivity contribution >= 4 is 23.7 Å². The van der Waals surface area contributed by atoms with Crippen molar-refractivity contribution in [3.8, 4) is 5.75 Å². The molecule has 0 fully saturated rings. The molecule has 0 saturated heterocycles. The van der Waals surface area contributed by atoms with Gasteiger partial charge in [0.25, 0.3) is 0 Å². The number of nitrogens with one attached hydrogen (secondary N) is 1. The second-order valence-corrected chi connectivity index (χ2v) is 6.48. The Balaban J connectivity index is 1.64. The third kappa shape index (κ3) is 3.96. The van der Waals surface area contributed by atoms with Gasteiger partial charge >= 0.3 is 0 Å². The first-order valence-corrected chi connectivity index (χ1v) is 8.59. The minimum absolute atomic E-state index is 0.0625. The molecule has 2 aromatic carbocycles. The zero-order valence-corrected chi connectivity index (χ0v) is 13.8. The fraction of sp³-hybridized carbons (Fsp3) is 0.211. The van der Waals surface area contributed by atoms with E-state index in [-0.39, 0.29) is 11.9 Å². The number of methoxy groups -OCH3 is 1. The lowest BCUT2D eigenvalue weighted by Crippen LogP contribution is -2.29. The van der Waals surface area contributed by atoms with E-state index in [1.54, 1.807) is 13.2 Å². The van der Waals surface area contributed by atoms with Crippen molar-refractivity contribution in [2.45, 2.75) is 17.4 Å². The highest BCUT2D eigenvalue weighted by atomic mass is 32.2. The summed E-state index contributed by atoms with van der Waals surface area (Å²) in [6.45, 7) is 0. The predicted molar refractivity (Wildman–Crippen MR) is 94.7 cm³/mol. The van der Waals surface area contributed by atoms with Gasteiger partial charge in [0.15, 0.2) is 0 Å². The van der Waals surface area contributed by atoms with E-state index in [0.29, 0.717) is 0 Å². The van der Waals surface area contributed by atoms with Crippen molar-refractivity contribution in [3.05, 3.63) is 65.7 Å². The molecule has 0 aliphatic carbocycles. The Morgan fingerprint density at radius 1 is 1.22 bits per heavy atom. The molecule has 23 heavy (non-hydrogen) atoms. The van der Waals surface area contributed by atoms with Crippen LogP contribution < -0.4 is 10.1 Å². The first-order valence-electron chi connectivity index (χ1n) is 7.60. The van der Waals surface area contributed by atoms with Crippen LogP contribution >= 0.6 is 11.8 Å². The van der Waals surface area contributed by atoms with Gasteiger partial charge in [0.1, 0.15) is 5.75 Å². The number of ether oxygens (including phenoxy) is 1. The molecule has 1 aliphatic rings. The number of hydrogen-bond donors (Lipinski definition) is 1. The summed E-state index contributed by atoms with van der Waals surface area (Å²) in [4.78, 5) is 13.5.